The van der Waals surface area contributed by atoms with E-state index in [1.54, 1.807) is 24.9 Å². The van der Waals surface area contributed by atoms with Gasteiger partial charge in [0.15, 0.2) is 0 Å². The summed E-state index contributed by atoms with van der Waals surface area (Å²) in [6.07, 6.45) is 4.04. The predicted molar refractivity (Wildman–Crippen MR) is 130 cm³/mol. The first-order chi connectivity index (χ1) is 16.9. The van der Waals surface area contributed by atoms with Crippen LogP contribution in [0.4, 0.5) is 0 Å². The molecule has 1 aliphatic rings. The second-order valence-electron chi connectivity index (χ2n) is 9.01. The molecule has 1 aromatic carbocycles. The number of aromatic nitrogens is 5. The smallest absolute Gasteiger partial charge is 0.270 e. The lowest BCUT2D eigenvalue weighted by atomic mass is 9.86. The lowest BCUT2D eigenvalue weighted by Crippen LogP contribution is -2.38. The summed E-state index contributed by atoms with van der Waals surface area (Å²) < 4.78 is 5.23. The highest BCUT2D eigenvalue weighted by Crippen LogP contribution is 2.26. The molecule has 3 aromatic rings. The molecule has 2 amide bonds. The molecule has 2 N–H and O–H groups in total. The van der Waals surface area contributed by atoms with Gasteiger partial charge in [0.25, 0.3) is 5.91 Å². The molecule has 2 atom stereocenters. The molecule has 10 nitrogen and oxygen atoms in total. The average Bonchev–Trinajstić information content (AvgIpc) is 3.30. The minimum absolute atomic E-state index is 0.00760. The van der Waals surface area contributed by atoms with Crippen LogP contribution in [0.5, 0.6) is 5.75 Å². The van der Waals surface area contributed by atoms with Crippen LogP contribution >= 0.6 is 0 Å². The largest absolute Gasteiger partial charge is 0.497 e. The third-order valence-electron chi connectivity index (χ3n) is 6.10. The van der Waals surface area contributed by atoms with Crippen molar-refractivity contribution in [2.75, 3.05) is 7.11 Å². The molecule has 1 saturated carbocycles. The zero-order valence-corrected chi connectivity index (χ0v) is 20.3. The monoisotopic (exact) mass is 477 g/mol. The molecule has 1 fully saturated rings. The van der Waals surface area contributed by atoms with Crippen molar-refractivity contribution in [1.82, 2.24) is 35.8 Å². The molecule has 0 saturated heterocycles. The first kappa shape index (κ1) is 24.3. The van der Waals surface area contributed by atoms with Crippen LogP contribution in [0.2, 0.25) is 0 Å². The summed E-state index contributed by atoms with van der Waals surface area (Å²) in [5.74, 6) is 1.29. The Hall–Kier alpha value is -3.82. The lowest BCUT2D eigenvalue weighted by molar-refractivity contribution is -0.120. The SMILES string of the molecule is COc1cccc(CNC(=O)c2cc(-c3nnn(C[C@@H]4CCC[C@H](NC(C)=O)C4)n3)cc(C)n2)c1. The molecule has 2 aromatic heterocycles. The van der Waals surface area contributed by atoms with Gasteiger partial charge in [-0.2, -0.15) is 4.80 Å². The van der Waals surface area contributed by atoms with Crippen LogP contribution in [0.1, 0.15) is 54.4 Å². The summed E-state index contributed by atoms with van der Waals surface area (Å²) in [5, 5.41) is 18.9. The number of methoxy groups -OCH3 is 1. The Morgan fingerprint density at radius 1 is 1.20 bits per heavy atom. The first-order valence-corrected chi connectivity index (χ1v) is 11.8. The van der Waals surface area contributed by atoms with Gasteiger partial charge in [0, 0.05) is 30.8 Å². The fourth-order valence-corrected chi connectivity index (χ4v) is 4.51. The predicted octanol–water partition coefficient (Wildman–Crippen LogP) is 2.68. The van der Waals surface area contributed by atoms with Gasteiger partial charge in [-0.1, -0.05) is 18.6 Å². The molecule has 0 bridgehead atoms. The van der Waals surface area contributed by atoms with Gasteiger partial charge in [-0.05, 0) is 67.1 Å². The van der Waals surface area contributed by atoms with E-state index in [1.807, 2.05) is 37.3 Å². The van der Waals surface area contributed by atoms with E-state index < -0.39 is 0 Å². The van der Waals surface area contributed by atoms with Crippen molar-refractivity contribution in [1.29, 1.82) is 0 Å². The molecule has 4 rings (SSSR count). The number of nitrogens with zero attached hydrogens (tertiary/aromatic N) is 5. The molecule has 10 heteroatoms. The summed E-state index contributed by atoms with van der Waals surface area (Å²) >= 11 is 0. The van der Waals surface area contributed by atoms with Crippen LogP contribution < -0.4 is 15.4 Å². The number of hydrogen-bond acceptors (Lipinski definition) is 7. The van der Waals surface area contributed by atoms with Crippen LogP contribution in [0.15, 0.2) is 36.4 Å². The van der Waals surface area contributed by atoms with Crippen LogP contribution in [-0.4, -0.2) is 50.2 Å². The Morgan fingerprint density at radius 2 is 2.06 bits per heavy atom. The quantitative estimate of drug-likeness (QED) is 0.511. The third kappa shape index (κ3) is 6.62. The summed E-state index contributed by atoms with van der Waals surface area (Å²) in [6, 6.07) is 11.3. The minimum atomic E-state index is -0.281. The second kappa shape index (κ2) is 11.1. The second-order valence-corrected chi connectivity index (χ2v) is 9.01. The van der Waals surface area contributed by atoms with E-state index >= 15 is 0 Å². The molecule has 0 spiro atoms. The van der Waals surface area contributed by atoms with Gasteiger partial charge in [0.1, 0.15) is 11.4 Å². The Balaban J connectivity index is 1.41. The van der Waals surface area contributed by atoms with Crippen LogP contribution in [0, 0.1) is 12.8 Å². The number of carbonyl (C=O) groups excluding carboxylic acids is 2. The number of aryl methyl sites for hydroxylation is 1. The topological polar surface area (TPSA) is 124 Å². The van der Waals surface area contributed by atoms with Gasteiger partial charge in [0.05, 0.1) is 13.7 Å². The summed E-state index contributed by atoms with van der Waals surface area (Å²) in [6.45, 7) is 4.38. The van der Waals surface area contributed by atoms with Crippen molar-refractivity contribution in [3.8, 4) is 17.1 Å². The maximum Gasteiger partial charge on any atom is 0.270 e. The zero-order valence-electron chi connectivity index (χ0n) is 20.3. The van der Waals surface area contributed by atoms with Crippen molar-refractivity contribution in [2.24, 2.45) is 5.92 Å². The van der Waals surface area contributed by atoms with Crippen LogP contribution in [0.3, 0.4) is 0 Å². The van der Waals surface area contributed by atoms with Gasteiger partial charge in [-0.3, -0.25) is 9.59 Å². The van der Waals surface area contributed by atoms with Gasteiger partial charge < -0.3 is 15.4 Å². The fraction of sp³-hybridized carbons (Fsp3) is 0.440. The summed E-state index contributed by atoms with van der Waals surface area (Å²) in [7, 11) is 1.61. The van der Waals surface area contributed by atoms with Gasteiger partial charge >= 0.3 is 0 Å². The molecule has 0 radical (unpaired) electrons. The Bertz CT molecular complexity index is 1190. The Labute approximate surface area is 204 Å². The van der Waals surface area contributed by atoms with Crippen molar-refractivity contribution in [3.05, 3.63) is 53.3 Å². The number of ether oxygens (including phenoxy) is 1. The first-order valence-electron chi connectivity index (χ1n) is 11.8. The van der Waals surface area contributed by atoms with Crippen molar-refractivity contribution in [3.63, 3.8) is 0 Å². The highest BCUT2D eigenvalue weighted by atomic mass is 16.5. The molecule has 2 heterocycles. The molecule has 1 aliphatic carbocycles. The number of amides is 2. The Morgan fingerprint density at radius 3 is 2.86 bits per heavy atom. The highest BCUT2D eigenvalue weighted by molar-refractivity contribution is 5.93. The van der Waals surface area contributed by atoms with E-state index in [4.69, 9.17) is 4.74 Å². The van der Waals surface area contributed by atoms with Crippen molar-refractivity contribution < 1.29 is 14.3 Å². The van der Waals surface area contributed by atoms with Crippen LogP contribution in [0.25, 0.3) is 11.4 Å². The van der Waals surface area contributed by atoms with E-state index in [9.17, 15) is 9.59 Å². The van der Waals surface area contributed by atoms with Crippen molar-refractivity contribution >= 4 is 11.8 Å². The molecule has 0 unspecified atom stereocenters. The van der Waals surface area contributed by atoms with Gasteiger partial charge in [-0.15, -0.1) is 10.2 Å². The third-order valence-corrected chi connectivity index (χ3v) is 6.10. The van der Waals surface area contributed by atoms with Gasteiger partial charge in [-0.25, -0.2) is 4.98 Å². The maximum absolute atomic E-state index is 12.8. The van der Waals surface area contributed by atoms with E-state index in [-0.39, 0.29) is 17.9 Å². The molecular formula is C25H31N7O3. The van der Waals surface area contributed by atoms with Crippen molar-refractivity contribution in [2.45, 2.75) is 58.7 Å². The number of nitrogens with one attached hydrogen (secondary N) is 2. The standard InChI is InChI=1S/C25H31N7O3/c1-16-10-20(13-23(27-16)25(34)26-14-18-6-5-9-22(12-18)35-3)24-29-31-32(30-24)15-19-7-4-8-21(11-19)28-17(2)33/h5-6,9-10,12-13,19,21H,4,7-8,11,14-15H2,1-3H3,(H,26,34)(H,28,33)/t19-,21+/m1/s1. The average molecular weight is 478 g/mol. The number of hydrogen-bond donors (Lipinski definition) is 2. The Kier molecular flexibility index (Phi) is 7.69. The van der Waals surface area contributed by atoms with Gasteiger partial charge in [0.2, 0.25) is 11.7 Å². The number of tetrazole rings is 1. The summed E-state index contributed by atoms with van der Waals surface area (Å²) in [4.78, 5) is 30.2. The van der Waals surface area contributed by atoms with E-state index in [0.29, 0.717) is 41.8 Å². The molecule has 0 aliphatic heterocycles. The number of carbonyl (C=O) groups is 2. The molecule has 184 valence electrons. The molecular weight excluding hydrogens is 446 g/mol. The maximum atomic E-state index is 12.8. The van der Waals surface area contributed by atoms with E-state index in [1.165, 1.54) is 0 Å². The molecule has 35 heavy (non-hydrogen) atoms. The zero-order chi connectivity index (χ0) is 24.8. The normalized spacial score (nSPS) is 17.6. The number of benzene rings is 1. The van der Waals surface area contributed by atoms with E-state index in [2.05, 4.69) is 31.0 Å². The highest BCUT2D eigenvalue weighted by Gasteiger charge is 2.24. The van der Waals surface area contributed by atoms with Crippen LogP contribution in [-0.2, 0) is 17.9 Å². The fourth-order valence-electron chi connectivity index (χ4n) is 4.51. The summed E-state index contributed by atoms with van der Waals surface area (Å²) in [5.41, 5.74) is 2.61. The number of rotatable bonds is 8. The lowest BCUT2D eigenvalue weighted by Gasteiger charge is -2.28. The van der Waals surface area contributed by atoms with E-state index in [0.717, 1.165) is 37.0 Å². The minimum Gasteiger partial charge on any atom is -0.497 e. The number of pyridine rings is 1.